The molecule has 3 rings (SSSR count). The van der Waals surface area contributed by atoms with Crippen LogP contribution in [0, 0.1) is 0 Å². The molecule has 0 radical (unpaired) electrons. The molecule has 0 saturated heterocycles. The standard InChI is InChI=1S/C18H19F3N2O2/c1-22(2)23-14-4-3-5-15(24)17(14)13(10-16(23)25)11-6-8-12(9-7-11)18(19,20)21/h6-9,13H,3-5,10H2,1-2H3/t13-/m1/s1. The van der Waals surface area contributed by atoms with Gasteiger partial charge in [-0.1, -0.05) is 12.1 Å². The molecule has 0 saturated carbocycles. The van der Waals surface area contributed by atoms with Gasteiger partial charge in [-0.2, -0.15) is 13.2 Å². The maximum Gasteiger partial charge on any atom is 0.416 e. The third kappa shape index (κ3) is 3.20. The van der Waals surface area contributed by atoms with Gasteiger partial charge >= 0.3 is 6.18 Å². The highest BCUT2D eigenvalue weighted by atomic mass is 19.4. The smallest absolute Gasteiger partial charge is 0.294 e. The Labute approximate surface area is 143 Å². The minimum absolute atomic E-state index is 0.0227. The van der Waals surface area contributed by atoms with E-state index in [1.165, 1.54) is 17.1 Å². The van der Waals surface area contributed by atoms with Crippen LogP contribution in [0.25, 0.3) is 0 Å². The molecule has 1 aliphatic heterocycles. The van der Waals surface area contributed by atoms with Gasteiger partial charge in [0.1, 0.15) is 0 Å². The van der Waals surface area contributed by atoms with E-state index in [0.717, 1.165) is 12.1 Å². The number of alkyl halides is 3. The highest BCUT2D eigenvalue weighted by Crippen LogP contribution is 2.42. The second-order valence-electron chi connectivity index (χ2n) is 6.57. The lowest BCUT2D eigenvalue weighted by molar-refractivity contribution is -0.143. The normalized spacial score (nSPS) is 21.8. The molecule has 1 aromatic carbocycles. The molecule has 1 amide bonds. The number of carbonyl (C=O) groups is 2. The summed E-state index contributed by atoms with van der Waals surface area (Å²) < 4.78 is 38.3. The summed E-state index contributed by atoms with van der Waals surface area (Å²) in [4.78, 5) is 25.1. The van der Waals surface area contributed by atoms with Crippen LogP contribution in [0.15, 0.2) is 35.5 Å². The van der Waals surface area contributed by atoms with Gasteiger partial charge in [0.05, 0.1) is 5.56 Å². The predicted octanol–water partition coefficient (Wildman–Crippen LogP) is 3.51. The molecule has 0 unspecified atom stereocenters. The van der Waals surface area contributed by atoms with Gasteiger partial charge in [0.15, 0.2) is 5.78 Å². The number of benzene rings is 1. The lowest BCUT2D eigenvalue weighted by Crippen LogP contribution is -2.47. The Balaban J connectivity index is 2.05. The first-order valence-electron chi connectivity index (χ1n) is 8.13. The first-order valence-corrected chi connectivity index (χ1v) is 8.13. The SMILES string of the molecule is CN(C)N1C(=O)C[C@H](c2ccc(C(F)(F)F)cc2)C2=C1CCCC2=O. The first kappa shape index (κ1) is 17.7. The number of allylic oxidation sites excluding steroid dienone is 2. The van der Waals surface area contributed by atoms with E-state index in [0.29, 0.717) is 36.1 Å². The van der Waals surface area contributed by atoms with Gasteiger partial charge in [0.25, 0.3) is 0 Å². The predicted molar refractivity (Wildman–Crippen MR) is 85.2 cm³/mol. The number of hydrogen-bond acceptors (Lipinski definition) is 3. The Bertz CT molecular complexity index is 736. The summed E-state index contributed by atoms with van der Waals surface area (Å²) >= 11 is 0. The van der Waals surface area contributed by atoms with E-state index >= 15 is 0 Å². The van der Waals surface area contributed by atoms with E-state index in [9.17, 15) is 22.8 Å². The topological polar surface area (TPSA) is 40.6 Å². The molecule has 7 heteroatoms. The van der Waals surface area contributed by atoms with Crippen LogP contribution in [-0.4, -0.2) is 35.8 Å². The number of carbonyl (C=O) groups excluding carboxylic acids is 2. The van der Waals surface area contributed by atoms with E-state index < -0.39 is 17.7 Å². The van der Waals surface area contributed by atoms with E-state index in [2.05, 4.69) is 0 Å². The zero-order chi connectivity index (χ0) is 18.4. The van der Waals surface area contributed by atoms with Crippen molar-refractivity contribution in [1.82, 2.24) is 10.0 Å². The van der Waals surface area contributed by atoms with Gasteiger partial charge in [-0.3, -0.25) is 9.59 Å². The van der Waals surface area contributed by atoms with Crippen molar-refractivity contribution in [3.05, 3.63) is 46.7 Å². The molecular formula is C18H19F3N2O2. The van der Waals surface area contributed by atoms with Crippen LogP contribution in [0.1, 0.15) is 42.7 Å². The third-order valence-electron chi connectivity index (χ3n) is 4.69. The molecule has 0 fully saturated rings. The maximum absolute atomic E-state index is 12.8. The van der Waals surface area contributed by atoms with E-state index in [1.807, 2.05) is 0 Å². The van der Waals surface area contributed by atoms with Crippen LogP contribution in [0.3, 0.4) is 0 Å². The van der Waals surface area contributed by atoms with Gasteiger partial charge in [-0.25, -0.2) is 10.0 Å². The number of nitrogens with zero attached hydrogens (tertiary/aromatic N) is 2. The fraction of sp³-hybridized carbons (Fsp3) is 0.444. The van der Waals surface area contributed by atoms with Crippen molar-refractivity contribution in [3.8, 4) is 0 Å². The average Bonchev–Trinajstić information content (AvgIpc) is 2.53. The molecule has 1 aromatic rings. The lowest BCUT2D eigenvalue weighted by atomic mass is 9.77. The molecule has 1 aliphatic carbocycles. The van der Waals surface area contributed by atoms with Gasteiger partial charge < -0.3 is 0 Å². The van der Waals surface area contributed by atoms with Crippen LogP contribution in [-0.2, 0) is 15.8 Å². The van der Waals surface area contributed by atoms with Crippen molar-refractivity contribution in [2.24, 2.45) is 0 Å². The molecule has 4 nitrogen and oxygen atoms in total. The Morgan fingerprint density at radius 3 is 2.28 bits per heavy atom. The fourth-order valence-corrected chi connectivity index (χ4v) is 3.63. The number of halogens is 3. The van der Waals surface area contributed by atoms with Crippen molar-refractivity contribution in [1.29, 1.82) is 0 Å². The molecule has 1 atom stereocenters. The number of rotatable bonds is 2. The molecule has 134 valence electrons. The van der Waals surface area contributed by atoms with Crippen LogP contribution >= 0.6 is 0 Å². The number of amides is 1. The summed E-state index contributed by atoms with van der Waals surface area (Å²) in [6.45, 7) is 0. The molecule has 0 N–H and O–H groups in total. The van der Waals surface area contributed by atoms with Crippen molar-refractivity contribution < 1.29 is 22.8 Å². The van der Waals surface area contributed by atoms with Gasteiger partial charge in [0.2, 0.25) is 5.91 Å². The summed E-state index contributed by atoms with van der Waals surface area (Å²) in [6.07, 6.45) is -2.63. The van der Waals surface area contributed by atoms with Gasteiger partial charge in [-0.15, -0.1) is 0 Å². The Morgan fingerprint density at radius 2 is 1.72 bits per heavy atom. The summed E-state index contributed by atoms with van der Waals surface area (Å²) in [5, 5.41) is 3.17. The molecule has 0 bridgehead atoms. The van der Waals surface area contributed by atoms with Crippen LogP contribution in [0.5, 0.6) is 0 Å². The van der Waals surface area contributed by atoms with Crippen LogP contribution in [0.4, 0.5) is 13.2 Å². The Kier molecular flexibility index (Phi) is 4.45. The summed E-state index contributed by atoms with van der Waals surface area (Å²) in [5.74, 6) is -0.650. The third-order valence-corrected chi connectivity index (χ3v) is 4.69. The molecule has 0 aromatic heterocycles. The summed E-state index contributed by atoms with van der Waals surface area (Å²) in [7, 11) is 3.47. The fourth-order valence-electron chi connectivity index (χ4n) is 3.63. The second kappa shape index (κ2) is 6.29. The molecular weight excluding hydrogens is 333 g/mol. The summed E-state index contributed by atoms with van der Waals surface area (Å²) in [5.41, 5.74) is 1.08. The van der Waals surface area contributed by atoms with Crippen molar-refractivity contribution in [3.63, 3.8) is 0 Å². The van der Waals surface area contributed by atoms with Crippen molar-refractivity contribution in [2.45, 2.75) is 37.8 Å². The number of hydrogen-bond donors (Lipinski definition) is 0. The average molecular weight is 352 g/mol. The Hall–Kier alpha value is -2.15. The van der Waals surface area contributed by atoms with E-state index in [1.54, 1.807) is 19.1 Å². The maximum atomic E-state index is 12.8. The number of hydrazine groups is 1. The van der Waals surface area contributed by atoms with E-state index in [-0.39, 0.29) is 18.1 Å². The van der Waals surface area contributed by atoms with Gasteiger partial charge in [0, 0.05) is 44.1 Å². The van der Waals surface area contributed by atoms with Gasteiger partial charge in [-0.05, 0) is 30.5 Å². The zero-order valence-electron chi connectivity index (χ0n) is 14.1. The van der Waals surface area contributed by atoms with E-state index in [4.69, 9.17) is 0 Å². The second-order valence-corrected chi connectivity index (χ2v) is 6.57. The first-order chi connectivity index (χ1) is 11.7. The van der Waals surface area contributed by atoms with Crippen molar-refractivity contribution >= 4 is 11.7 Å². The minimum atomic E-state index is -4.41. The quantitative estimate of drug-likeness (QED) is 0.818. The minimum Gasteiger partial charge on any atom is -0.294 e. The monoisotopic (exact) mass is 352 g/mol. The molecule has 0 spiro atoms. The summed E-state index contributed by atoms with van der Waals surface area (Å²) in [6, 6.07) is 4.76. The van der Waals surface area contributed by atoms with Crippen molar-refractivity contribution in [2.75, 3.05) is 14.1 Å². The molecule has 2 aliphatic rings. The Morgan fingerprint density at radius 1 is 1.08 bits per heavy atom. The number of Topliss-reactive ketones (excluding diaryl/α,β-unsaturated/α-hetero) is 1. The molecule has 1 heterocycles. The number of ketones is 1. The largest absolute Gasteiger partial charge is 0.416 e. The highest BCUT2D eigenvalue weighted by Gasteiger charge is 2.40. The van der Waals surface area contributed by atoms with Crippen LogP contribution in [0.2, 0.25) is 0 Å². The molecule has 25 heavy (non-hydrogen) atoms. The van der Waals surface area contributed by atoms with Crippen LogP contribution < -0.4 is 0 Å². The highest BCUT2D eigenvalue weighted by molar-refractivity contribution is 6.01. The zero-order valence-corrected chi connectivity index (χ0v) is 14.1. The lowest BCUT2D eigenvalue weighted by Gasteiger charge is -2.41.